The maximum absolute atomic E-state index is 11.8. The maximum Gasteiger partial charge on any atom is 0.172 e. The lowest BCUT2D eigenvalue weighted by Gasteiger charge is -1.93. The molecule has 0 atom stereocenters. The van der Waals surface area contributed by atoms with Gasteiger partial charge in [-0.2, -0.15) is 0 Å². The lowest BCUT2D eigenvalue weighted by molar-refractivity contribution is 0.0984. The van der Waals surface area contributed by atoms with Crippen LogP contribution in [0.15, 0.2) is 30.3 Å². The molecule has 1 aromatic heterocycles. The van der Waals surface area contributed by atoms with Gasteiger partial charge < -0.3 is 0 Å². The summed E-state index contributed by atoms with van der Waals surface area (Å²) in [6.45, 7) is 0. The standard InChI is InChI=1S/C14H12OS/c1-2-3-4-8-12(15)14-10-11-7-5-6-9-13(11)16-14/h1,5-7,9-10H,3-4,8H2. The molecule has 16 heavy (non-hydrogen) atoms. The first kappa shape index (κ1) is 10.9. The number of benzene rings is 1. The summed E-state index contributed by atoms with van der Waals surface area (Å²) >= 11 is 1.56. The fourth-order valence-corrected chi connectivity index (χ4v) is 2.62. The van der Waals surface area contributed by atoms with E-state index in [0.717, 1.165) is 16.7 Å². The van der Waals surface area contributed by atoms with Crippen LogP contribution < -0.4 is 0 Å². The fourth-order valence-electron chi connectivity index (χ4n) is 1.59. The van der Waals surface area contributed by atoms with Crippen molar-refractivity contribution in [2.24, 2.45) is 0 Å². The van der Waals surface area contributed by atoms with E-state index in [1.165, 1.54) is 4.70 Å². The third-order valence-electron chi connectivity index (χ3n) is 2.43. The fraction of sp³-hybridized carbons (Fsp3) is 0.214. The number of carbonyl (C=O) groups excluding carboxylic acids is 1. The molecule has 1 aromatic carbocycles. The Morgan fingerprint density at radius 2 is 2.19 bits per heavy atom. The molecule has 0 radical (unpaired) electrons. The van der Waals surface area contributed by atoms with Crippen LogP contribution in [0.1, 0.15) is 28.9 Å². The summed E-state index contributed by atoms with van der Waals surface area (Å²) in [7, 11) is 0. The van der Waals surface area contributed by atoms with Gasteiger partial charge in [-0.05, 0) is 23.9 Å². The molecule has 0 spiro atoms. The molecule has 0 amide bonds. The van der Waals surface area contributed by atoms with Gasteiger partial charge in [0.15, 0.2) is 5.78 Å². The molecule has 0 saturated carbocycles. The molecular formula is C14H12OS. The minimum atomic E-state index is 0.205. The molecular weight excluding hydrogens is 216 g/mol. The molecule has 1 heterocycles. The van der Waals surface area contributed by atoms with E-state index < -0.39 is 0 Å². The Labute approximate surface area is 99.1 Å². The second kappa shape index (κ2) is 4.96. The zero-order valence-corrected chi connectivity index (χ0v) is 9.72. The van der Waals surface area contributed by atoms with Crippen LogP contribution in [0, 0.1) is 12.3 Å². The predicted molar refractivity (Wildman–Crippen MR) is 68.8 cm³/mol. The van der Waals surface area contributed by atoms with Gasteiger partial charge in [0, 0.05) is 17.5 Å². The highest BCUT2D eigenvalue weighted by molar-refractivity contribution is 7.20. The Balaban J connectivity index is 2.14. The van der Waals surface area contributed by atoms with E-state index in [4.69, 9.17) is 6.42 Å². The molecule has 2 rings (SSSR count). The Kier molecular flexibility index (Phi) is 3.38. The van der Waals surface area contributed by atoms with Crippen LogP contribution in [0.5, 0.6) is 0 Å². The molecule has 0 bridgehead atoms. The van der Waals surface area contributed by atoms with E-state index in [9.17, 15) is 4.79 Å². The zero-order chi connectivity index (χ0) is 11.4. The highest BCUT2D eigenvalue weighted by Gasteiger charge is 2.09. The second-order valence-electron chi connectivity index (χ2n) is 3.63. The molecule has 0 saturated heterocycles. The van der Waals surface area contributed by atoms with Crippen LogP contribution >= 0.6 is 11.3 Å². The quantitative estimate of drug-likeness (QED) is 0.441. The van der Waals surface area contributed by atoms with Gasteiger partial charge in [0.25, 0.3) is 0 Å². The number of terminal acetylenes is 1. The van der Waals surface area contributed by atoms with Gasteiger partial charge in [-0.25, -0.2) is 0 Å². The van der Waals surface area contributed by atoms with Crippen molar-refractivity contribution in [3.05, 3.63) is 35.2 Å². The third kappa shape index (κ3) is 2.32. The summed E-state index contributed by atoms with van der Waals surface area (Å²) in [5.74, 6) is 2.76. The van der Waals surface area contributed by atoms with Crippen LogP contribution in [0.2, 0.25) is 0 Å². The predicted octanol–water partition coefficient (Wildman–Crippen LogP) is 3.89. The Morgan fingerprint density at radius 1 is 1.38 bits per heavy atom. The summed E-state index contributed by atoms with van der Waals surface area (Å²) in [5, 5.41) is 1.15. The summed E-state index contributed by atoms with van der Waals surface area (Å²) in [5.41, 5.74) is 0. The van der Waals surface area contributed by atoms with Crippen molar-refractivity contribution in [1.82, 2.24) is 0 Å². The molecule has 0 fully saturated rings. The Morgan fingerprint density at radius 3 is 2.94 bits per heavy atom. The number of fused-ring (bicyclic) bond motifs is 1. The molecule has 2 heteroatoms. The van der Waals surface area contributed by atoms with Crippen LogP contribution in [0.25, 0.3) is 10.1 Å². The number of hydrogen-bond donors (Lipinski definition) is 0. The average Bonchev–Trinajstić information content (AvgIpc) is 2.73. The average molecular weight is 228 g/mol. The van der Waals surface area contributed by atoms with Crippen molar-refractivity contribution in [3.8, 4) is 12.3 Å². The van der Waals surface area contributed by atoms with E-state index in [1.807, 2.05) is 30.3 Å². The van der Waals surface area contributed by atoms with Gasteiger partial charge in [0.1, 0.15) is 0 Å². The van der Waals surface area contributed by atoms with Crippen LogP contribution in [-0.4, -0.2) is 5.78 Å². The van der Waals surface area contributed by atoms with Gasteiger partial charge in [-0.15, -0.1) is 23.7 Å². The summed E-state index contributed by atoms with van der Waals surface area (Å²) in [6.07, 6.45) is 7.17. The number of thiophene rings is 1. The highest BCUT2D eigenvalue weighted by atomic mass is 32.1. The first-order valence-corrected chi connectivity index (χ1v) is 6.08. The molecule has 0 unspecified atom stereocenters. The van der Waals surface area contributed by atoms with Crippen LogP contribution in [-0.2, 0) is 0 Å². The lowest BCUT2D eigenvalue weighted by Crippen LogP contribution is -1.94. The van der Waals surface area contributed by atoms with Crippen molar-refractivity contribution in [1.29, 1.82) is 0 Å². The first-order chi connectivity index (χ1) is 7.81. The molecule has 0 aliphatic rings. The summed E-state index contributed by atoms with van der Waals surface area (Å²) in [6, 6.07) is 10.0. The number of carbonyl (C=O) groups is 1. The van der Waals surface area contributed by atoms with E-state index in [1.54, 1.807) is 11.3 Å². The molecule has 0 N–H and O–H groups in total. The Hall–Kier alpha value is -1.59. The molecule has 0 aliphatic heterocycles. The van der Waals surface area contributed by atoms with Crippen molar-refractivity contribution >= 4 is 27.2 Å². The number of Topliss-reactive ketones (excluding diaryl/α,β-unsaturated/α-hetero) is 1. The zero-order valence-electron chi connectivity index (χ0n) is 8.90. The van der Waals surface area contributed by atoms with Crippen molar-refractivity contribution in [3.63, 3.8) is 0 Å². The largest absolute Gasteiger partial charge is 0.293 e. The SMILES string of the molecule is C#CCCCC(=O)c1cc2ccccc2s1. The van der Waals surface area contributed by atoms with Gasteiger partial charge >= 0.3 is 0 Å². The highest BCUT2D eigenvalue weighted by Crippen LogP contribution is 2.26. The molecule has 1 nitrogen and oxygen atoms in total. The number of ketones is 1. The van der Waals surface area contributed by atoms with Crippen molar-refractivity contribution in [2.75, 3.05) is 0 Å². The van der Waals surface area contributed by atoms with Crippen molar-refractivity contribution in [2.45, 2.75) is 19.3 Å². The summed E-state index contributed by atoms with van der Waals surface area (Å²) in [4.78, 5) is 12.7. The van der Waals surface area contributed by atoms with E-state index >= 15 is 0 Å². The van der Waals surface area contributed by atoms with Crippen LogP contribution in [0.3, 0.4) is 0 Å². The second-order valence-corrected chi connectivity index (χ2v) is 4.71. The normalized spacial score (nSPS) is 10.2. The van der Waals surface area contributed by atoms with Crippen LogP contribution in [0.4, 0.5) is 0 Å². The lowest BCUT2D eigenvalue weighted by atomic mass is 10.1. The minimum absolute atomic E-state index is 0.205. The first-order valence-electron chi connectivity index (χ1n) is 5.26. The minimum Gasteiger partial charge on any atom is -0.293 e. The molecule has 0 aliphatic carbocycles. The molecule has 80 valence electrons. The molecule has 2 aromatic rings. The number of rotatable bonds is 4. The van der Waals surface area contributed by atoms with Gasteiger partial charge in [0.05, 0.1) is 4.88 Å². The number of hydrogen-bond acceptors (Lipinski definition) is 2. The summed E-state index contributed by atoms with van der Waals surface area (Å²) < 4.78 is 1.17. The van der Waals surface area contributed by atoms with Gasteiger partial charge in [-0.1, -0.05) is 18.2 Å². The monoisotopic (exact) mass is 228 g/mol. The van der Waals surface area contributed by atoms with E-state index in [-0.39, 0.29) is 5.78 Å². The smallest absolute Gasteiger partial charge is 0.172 e. The third-order valence-corrected chi connectivity index (χ3v) is 3.58. The Bertz CT molecular complexity index is 512. The number of unbranched alkanes of at least 4 members (excludes halogenated alkanes) is 1. The van der Waals surface area contributed by atoms with Crippen molar-refractivity contribution < 1.29 is 4.79 Å². The van der Waals surface area contributed by atoms with Gasteiger partial charge in [-0.3, -0.25) is 4.79 Å². The van der Waals surface area contributed by atoms with E-state index in [0.29, 0.717) is 12.8 Å². The topological polar surface area (TPSA) is 17.1 Å². The van der Waals surface area contributed by atoms with E-state index in [2.05, 4.69) is 5.92 Å². The van der Waals surface area contributed by atoms with Gasteiger partial charge in [0.2, 0.25) is 0 Å². The maximum atomic E-state index is 11.8.